The Morgan fingerprint density at radius 1 is 1.30 bits per heavy atom. The Balaban J connectivity index is 2.32. The SMILES string of the molecule is CCOC(=O)CC1(C(=O)OCC)N=C(C2(C)CCCO2)N(C)O1. The van der Waals surface area contributed by atoms with Gasteiger partial charge in [0.05, 0.1) is 13.2 Å². The lowest BCUT2D eigenvalue weighted by molar-refractivity contribution is -0.209. The van der Waals surface area contributed by atoms with Crippen LogP contribution < -0.4 is 0 Å². The number of hydrogen-bond donors (Lipinski definition) is 0. The van der Waals surface area contributed by atoms with Crippen LogP contribution in [0, 0.1) is 0 Å². The number of hydrogen-bond acceptors (Lipinski definition) is 8. The minimum absolute atomic E-state index is 0.162. The van der Waals surface area contributed by atoms with Gasteiger partial charge in [0.1, 0.15) is 12.0 Å². The summed E-state index contributed by atoms with van der Waals surface area (Å²) in [4.78, 5) is 34.3. The third-order valence-corrected chi connectivity index (χ3v) is 3.85. The minimum Gasteiger partial charge on any atom is -0.466 e. The minimum atomic E-state index is -1.75. The molecule has 2 aliphatic rings. The van der Waals surface area contributed by atoms with E-state index in [-0.39, 0.29) is 19.6 Å². The van der Waals surface area contributed by atoms with E-state index < -0.39 is 23.3 Å². The van der Waals surface area contributed by atoms with Gasteiger partial charge in [0, 0.05) is 13.7 Å². The topological polar surface area (TPSA) is 86.7 Å². The van der Waals surface area contributed by atoms with Crippen molar-refractivity contribution in [3.63, 3.8) is 0 Å². The van der Waals surface area contributed by atoms with E-state index in [9.17, 15) is 9.59 Å². The summed E-state index contributed by atoms with van der Waals surface area (Å²) in [5, 5.41) is 1.39. The van der Waals surface area contributed by atoms with Crippen LogP contribution in [0.15, 0.2) is 4.99 Å². The fourth-order valence-corrected chi connectivity index (χ4v) is 2.82. The summed E-state index contributed by atoms with van der Waals surface area (Å²) in [6, 6.07) is 0. The standard InChI is InChI=1S/C15H24N2O6/c1-5-20-11(18)10-15(13(19)21-6-2)16-12(17(4)23-15)14(3)8-7-9-22-14/h5-10H2,1-4H3. The predicted octanol–water partition coefficient (Wildman–Crippen LogP) is 1.04. The molecule has 8 heteroatoms. The lowest BCUT2D eigenvalue weighted by atomic mass is 10.0. The van der Waals surface area contributed by atoms with Crippen LogP contribution >= 0.6 is 0 Å². The van der Waals surface area contributed by atoms with Gasteiger partial charge < -0.3 is 14.2 Å². The van der Waals surface area contributed by atoms with Gasteiger partial charge in [-0.3, -0.25) is 4.79 Å². The molecule has 0 aromatic carbocycles. The summed E-state index contributed by atoms with van der Waals surface area (Å²) in [7, 11) is 1.64. The molecule has 0 amide bonds. The van der Waals surface area contributed by atoms with Gasteiger partial charge in [-0.15, -0.1) is 0 Å². The summed E-state index contributed by atoms with van der Waals surface area (Å²) in [5.41, 5.74) is -2.39. The van der Waals surface area contributed by atoms with E-state index in [4.69, 9.17) is 19.0 Å². The van der Waals surface area contributed by atoms with Crippen LogP contribution in [-0.2, 0) is 28.6 Å². The predicted molar refractivity (Wildman–Crippen MR) is 80.5 cm³/mol. The Morgan fingerprint density at radius 2 is 2.00 bits per heavy atom. The molecule has 2 rings (SSSR count). The molecule has 0 N–H and O–H groups in total. The van der Waals surface area contributed by atoms with Gasteiger partial charge in [0.25, 0.3) is 5.72 Å². The number of esters is 2. The van der Waals surface area contributed by atoms with E-state index >= 15 is 0 Å². The summed E-state index contributed by atoms with van der Waals surface area (Å²) >= 11 is 0. The van der Waals surface area contributed by atoms with Gasteiger partial charge in [-0.2, -0.15) is 0 Å². The molecule has 2 heterocycles. The first-order valence-electron chi connectivity index (χ1n) is 7.87. The molecule has 0 radical (unpaired) electrons. The lowest BCUT2D eigenvalue weighted by Crippen LogP contribution is -2.44. The molecule has 23 heavy (non-hydrogen) atoms. The number of nitrogens with zero attached hydrogens (tertiary/aromatic N) is 2. The highest BCUT2D eigenvalue weighted by molar-refractivity contribution is 5.96. The van der Waals surface area contributed by atoms with Crippen LogP contribution in [0.1, 0.15) is 40.0 Å². The van der Waals surface area contributed by atoms with Crippen molar-refractivity contribution in [2.75, 3.05) is 26.9 Å². The quantitative estimate of drug-likeness (QED) is 0.673. The zero-order valence-electron chi connectivity index (χ0n) is 14.1. The third-order valence-electron chi connectivity index (χ3n) is 3.85. The molecule has 2 unspecified atom stereocenters. The maximum atomic E-state index is 12.4. The van der Waals surface area contributed by atoms with E-state index in [0.29, 0.717) is 12.4 Å². The molecule has 0 saturated carbocycles. The van der Waals surface area contributed by atoms with Gasteiger partial charge >= 0.3 is 11.9 Å². The first-order chi connectivity index (χ1) is 10.9. The van der Waals surface area contributed by atoms with Crippen LogP contribution in [-0.4, -0.2) is 61.0 Å². The number of aliphatic imine (C=N–C) groups is 1. The molecule has 0 aromatic rings. The van der Waals surface area contributed by atoms with Crippen LogP contribution in [0.2, 0.25) is 0 Å². The van der Waals surface area contributed by atoms with Crippen LogP contribution in [0.4, 0.5) is 0 Å². The molecule has 2 aliphatic heterocycles. The summed E-state index contributed by atoms with van der Waals surface area (Å²) in [5.74, 6) is -0.805. The molecule has 8 nitrogen and oxygen atoms in total. The highest BCUT2D eigenvalue weighted by Crippen LogP contribution is 2.36. The molecule has 1 saturated heterocycles. The molecule has 0 bridgehead atoms. The van der Waals surface area contributed by atoms with Gasteiger partial charge in [0.2, 0.25) is 0 Å². The van der Waals surface area contributed by atoms with Crippen LogP contribution in [0.3, 0.4) is 0 Å². The Bertz CT molecular complexity index is 500. The molecular weight excluding hydrogens is 304 g/mol. The van der Waals surface area contributed by atoms with Crippen molar-refractivity contribution in [1.29, 1.82) is 0 Å². The zero-order chi connectivity index (χ0) is 17.1. The third kappa shape index (κ3) is 3.48. The van der Waals surface area contributed by atoms with E-state index in [1.807, 2.05) is 6.92 Å². The fourth-order valence-electron chi connectivity index (χ4n) is 2.82. The summed E-state index contributed by atoms with van der Waals surface area (Å²) in [6.07, 6.45) is 1.31. The molecule has 0 aromatic heterocycles. The van der Waals surface area contributed by atoms with Crippen molar-refractivity contribution in [3.8, 4) is 0 Å². The first-order valence-corrected chi connectivity index (χ1v) is 7.87. The van der Waals surface area contributed by atoms with E-state index in [1.54, 1.807) is 20.9 Å². The Morgan fingerprint density at radius 3 is 2.57 bits per heavy atom. The average molecular weight is 328 g/mol. The highest BCUT2D eigenvalue weighted by atomic mass is 16.7. The smallest absolute Gasteiger partial charge is 0.364 e. The number of ether oxygens (including phenoxy) is 3. The fraction of sp³-hybridized carbons (Fsp3) is 0.800. The second-order valence-corrected chi connectivity index (χ2v) is 5.69. The number of carbonyl (C=O) groups excluding carboxylic acids is 2. The second kappa shape index (κ2) is 6.84. The molecule has 0 spiro atoms. The Kier molecular flexibility index (Phi) is 5.26. The van der Waals surface area contributed by atoms with E-state index in [0.717, 1.165) is 12.8 Å². The van der Waals surface area contributed by atoms with Crippen molar-refractivity contribution < 1.29 is 28.6 Å². The van der Waals surface area contributed by atoms with Crippen LogP contribution in [0.25, 0.3) is 0 Å². The Labute approximate surface area is 135 Å². The van der Waals surface area contributed by atoms with Gasteiger partial charge in [0.15, 0.2) is 5.84 Å². The summed E-state index contributed by atoms with van der Waals surface area (Å²) in [6.45, 7) is 6.26. The molecule has 130 valence electrons. The van der Waals surface area contributed by atoms with Crippen molar-refractivity contribution in [2.45, 2.75) is 51.4 Å². The molecule has 2 atom stereocenters. The van der Waals surface area contributed by atoms with Gasteiger partial charge in [-0.1, -0.05) is 0 Å². The van der Waals surface area contributed by atoms with Crippen molar-refractivity contribution >= 4 is 17.8 Å². The maximum Gasteiger partial charge on any atom is 0.364 e. The molecule has 1 fully saturated rings. The second-order valence-electron chi connectivity index (χ2n) is 5.69. The maximum absolute atomic E-state index is 12.4. The average Bonchev–Trinajstić information content (AvgIpc) is 3.05. The normalized spacial score (nSPS) is 30.3. The van der Waals surface area contributed by atoms with E-state index in [1.165, 1.54) is 5.06 Å². The Hall–Kier alpha value is -1.67. The molecule has 0 aliphatic carbocycles. The number of carbonyl (C=O) groups is 2. The monoisotopic (exact) mass is 328 g/mol. The van der Waals surface area contributed by atoms with Gasteiger partial charge in [-0.05, 0) is 33.6 Å². The van der Waals surface area contributed by atoms with Crippen molar-refractivity contribution in [1.82, 2.24) is 5.06 Å². The number of amidine groups is 1. The van der Waals surface area contributed by atoms with Gasteiger partial charge in [-0.25, -0.2) is 19.7 Å². The largest absolute Gasteiger partial charge is 0.466 e. The zero-order valence-corrected chi connectivity index (χ0v) is 14.1. The van der Waals surface area contributed by atoms with Crippen molar-refractivity contribution in [2.24, 2.45) is 4.99 Å². The lowest BCUT2D eigenvalue weighted by Gasteiger charge is -2.27. The highest BCUT2D eigenvalue weighted by Gasteiger charge is 2.54. The van der Waals surface area contributed by atoms with Crippen molar-refractivity contribution in [3.05, 3.63) is 0 Å². The first kappa shape index (κ1) is 17.7. The molecular formula is C15H24N2O6. The number of hydroxylamine groups is 2. The number of rotatable bonds is 6. The summed E-state index contributed by atoms with van der Waals surface area (Å²) < 4.78 is 15.7. The number of likely N-dealkylation sites (N-methyl/N-ethyl adjacent to an activating group) is 1. The van der Waals surface area contributed by atoms with Crippen LogP contribution in [0.5, 0.6) is 0 Å². The van der Waals surface area contributed by atoms with E-state index in [2.05, 4.69) is 4.99 Å².